The molecule has 0 spiro atoms. The lowest BCUT2D eigenvalue weighted by Crippen LogP contribution is -2.32. The lowest BCUT2D eigenvalue weighted by molar-refractivity contribution is 0.114. The number of rotatable bonds is 7. The predicted octanol–water partition coefficient (Wildman–Crippen LogP) is 2.14. The first kappa shape index (κ1) is 22.4. The molecule has 31 heavy (non-hydrogen) atoms. The molecule has 1 unspecified atom stereocenters. The summed E-state index contributed by atoms with van der Waals surface area (Å²) in [5.74, 6) is -0.441. The topological polar surface area (TPSA) is 166 Å². The normalized spacial score (nSPS) is 16.5. The minimum absolute atomic E-state index is 0.115. The van der Waals surface area contributed by atoms with Crippen molar-refractivity contribution in [3.05, 3.63) is 39.7 Å². The number of H-pyrrole nitrogens is 1. The fourth-order valence-electron chi connectivity index (χ4n) is 3.08. The van der Waals surface area contributed by atoms with Gasteiger partial charge in [-0.15, -0.1) is 5.11 Å². The van der Waals surface area contributed by atoms with Gasteiger partial charge in [0, 0.05) is 18.7 Å². The minimum Gasteiger partial charge on any atom is -0.495 e. The van der Waals surface area contributed by atoms with Gasteiger partial charge in [0.25, 0.3) is 5.56 Å². The number of hydrogen-bond donors (Lipinski definition) is 3. The standard InChI is InChI=1S/C19H21N5O6S/c1-11-14(9-20)18(25)22-19(26)17(11)24-23-12-5-6-15(29-2)16(8-12)31(27,28)21-10-13-4-3-7-30-13/h5-6,8,13,21H,3-4,7,10H2,1-2H3,(H2,22,25,26). The van der Waals surface area contributed by atoms with E-state index in [9.17, 15) is 18.3 Å². The zero-order valence-corrected chi connectivity index (χ0v) is 17.7. The number of benzene rings is 1. The summed E-state index contributed by atoms with van der Waals surface area (Å²) in [4.78, 5) is 14.0. The van der Waals surface area contributed by atoms with Crippen LogP contribution >= 0.6 is 0 Å². The van der Waals surface area contributed by atoms with Crippen molar-refractivity contribution in [3.8, 4) is 17.7 Å². The highest BCUT2D eigenvalue weighted by Crippen LogP contribution is 2.30. The third-order valence-electron chi connectivity index (χ3n) is 4.75. The Morgan fingerprint density at radius 3 is 2.84 bits per heavy atom. The summed E-state index contributed by atoms with van der Waals surface area (Å²) < 4.78 is 38.7. The van der Waals surface area contributed by atoms with Crippen LogP contribution < -0.4 is 15.0 Å². The van der Waals surface area contributed by atoms with Crippen molar-refractivity contribution >= 4 is 21.4 Å². The molecule has 164 valence electrons. The van der Waals surface area contributed by atoms with Crippen LogP contribution in [-0.2, 0) is 14.8 Å². The van der Waals surface area contributed by atoms with E-state index in [4.69, 9.17) is 14.7 Å². The van der Waals surface area contributed by atoms with Crippen molar-refractivity contribution in [2.24, 2.45) is 10.2 Å². The fraction of sp³-hybridized carbons (Fsp3) is 0.368. The van der Waals surface area contributed by atoms with Gasteiger partial charge >= 0.3 is 0 Å². The Balaban J connectivity index is 1.92. The number of methoxy groups -OCH3 is 1. The number of aromatic amines is 1. The molecule has 0 saturated carbocycles. The maximum absolute atomic E-state index is 12.8. The number of nitrogens with zero attached hydrogens (tertiary/aromatic N) is 3. The largest absolute Gasteiger partial charge is 0.495 e. The average Bonchev–Trinajstić information content (AvgIpc) is 3.26. The van der Waals surface area contributed by atoms with Gasteiger partial charge < -0.3 is 14.6 Å². The van der Waals surface area contributed by atoms with Crippen LogP contribution in [0.15, 0.2) is 38.1 Å². The maximum atomic E-state index is 12.8. The molecule has 1 aromatic heterocycles. The first-order valence-electron chi connectivity index (χ1n) is 9.33. The number of hydrogen-bond acceptors (Lipinski definition) is 9. The van der Waals surface area contributed by atoms with Crippen LogP contribution in [0.4, 0.5) is 11.4 Å². The summed E-state index contributed by atoms with van der Waals surface area (Å²) in [7, 11) is -2.58. The molecule has 1 aliphatic rings. The van der Waals surface area contributed by atoms with E-state index < -0.39 is 21.5 Å². The van der Waals surface area contributed by atoms with E-state index in [0.717, 1.165) is 12.8 Å². The molecule has 0 bridgehead atoms. The fourth-order valence-corrected chi connectivity index (χ4v) is 4.34. The summed E-state index contributed by atoms with van der Waals surface area (Å²) in [6, 6.07) is 5.92. The molecule has 1 aromatic carbocycles. The number of pyridine rings is 1. The van der Waals surface area contributed by atoms with Crippen LogP contribution in [0, 0.1) is 18.3 Å². The summed E-state index contributed by atoms with van der Waals surface area (Å²) in [5, 5.41) is 26.5. The minimum atomic E-state index is -3.93. The Morgan fingerprint density at radius 1 is 1.42 bits per heavy atom. The van der Waals surface area contributed by atoms with E-state index in [2.05, 4.69) is 19.9 Å². The van der Waals surface area contributed by atoms with Gasteiger partial charge in [-0.2, -0.15) is 10.4 Å². The second kappa shape index (κ2) is 9.25. The number of aromatic hydroxyl groups is 1. The molecule has 1 atom stereocenters. The van der Waals surface area contributed by atoms with Crippen molar-refractivity contribution < 1.29 is 23.0 Å². The van der Waals surface area contributed by atoms with E-state index in [1.165, 1.54) is 32.2 Å². The number of sulfonamides is 1. The van der Waals surface area contributed by atoms with Crippen molar-refractivity contribution in [1.82, 2.24) is 9.71 Å². The SMILES string of the molecule is COc1ccc(N=Nc2c(C)c(C#N)c(O)[nH]c2=O)cc1S(=O)(=O)NCC1CCCO1. The lowest BCUT2D eigenvalue weighted by Gasteiger charge is -2.13. The van der Waals surface area contributed by atoms with Crippen LogP contribution in [0.5, 0.6) is 11.6 Å². The highest BCUT2D eigenvalue weighted by atomic mass is 32.2. The van der Waals surface area contributed by atoms with Gasteiger partial charge in [0.15, 0.2) is 5.69 Å². The maximum Gasteiger partial charge on any atom is 0.278 e. The third-order valence-corrected chi connectivity index (χ3v) is 6.20. The zero-order valence-electron chi connectivity index (χ0n) is 16.9. The van der Waals surface area contributed by atoms with Gasteiger partial charge in [-0.05, 0) is 38.0 Å². The number of ether oxygens (including phenoxy) is 2. The Morgan fingerprint density at radius 2 is 2.19 bits per heavy atom. The number of nitrogens with one attached hydrogen (secondary N) is 2. The number of aromatic nitrogens is 1. The number of azo groups is 1. The summed E-state index contributed by atoms with van der Waals surface area (Å²) in [6.07, 6.45) is 1.48. The van der Waals surface area contributed by atoms with E-state index in [0.29, 0.717) is 6.61 Å². The zero-order chi connectivity index (χ0) is 22.6. The average molecular weight is 447 g/mol. The Bertz CT molecular complexity index is 1210. The van der Waals surface area contributed by atoms with Crippen molar-refractivity contribution in [3.63, 3.8) is 0 Å². The molecule has 1 fully saturated rings. The molecule has 11 nitrogen and oxygen atoms in total. The second-order valence-corrected chi connectivity index (χ2v) is 8.52. The molecule has 2 heterocycles. The van der Waals surface area contributed by atoms with Gasteiger partial charge in [-0.1, -0.05) is 0 Å². The molecule has 0 aliphatic carbocycles. The summed E-state index contributed by atoms with van der Waals surface area (Å²) in [5.41, 5.74) is -0.760. The highest BCUT2D eigenvalue weighted by molar-refractivity contribution is 7.89. The van der Waals surface area contributed by atoms with Crippen LogP contribution in [0.2, 0.25) is 0 Å². The van der Waals surface area contributed by atoms with Crippen molar-refractivity contribution in [1.29, 1.82) is 5.26 Å². The lowest BCUT2D eigenvalue weighted by atomic mass is 10.1. The monoisotopic (exact) mass is 447 g/mol. The molecule has 1 aliphatic heterocycles. The van der Waals surface area contributed by atoms with E-state index in [1.807, 2.05) is 0 Å². The first-order valence-corrected chi connectivity index (χ1v) is 10.8. The molecule has 0 amide bonds. The summed E-state index contributed by atoms with van der Waals surface area (Å²) in [6.45, 7) is 2.19. The van der Waals surface area contributed by atoms with Gasteiger partial charge in [-0.3, -0.25) is 9.78 Å². The van der Waals surface area contributed by atoms with E-state index in [1.54, 1.807) is 6.07 Å². The Kier molecular flexibility index (Phi) is 6.69. The van der Waals surface area contributed by atoms with Crippen LogP contribution in [0.25, 0.3) is 0 Å². The van der Waals surface area contributed by atoms with E-state index in [-0.39, 0.29) is 45.8 Å². The van der Waals surface area contributed by atoms with Crippen LogP contribution in [0.3, 0.4) is 0 Å². The molecular weight excluding hydrogens is 426 g/mol. The molecule has 2 aromatic rings. The second-order valence-electron chi connectivity index (χ2n) is 6.79. The van der Waals surface area contributed by atoms with Crippen molar-refractivity contribution in [2.45, 2.75) is 30.8 Å². The predicted molar refractivity (Wildman–Crippen MR) is 110 cm³/mol. The van der Waals surface area contributed by atoms with Crippen LogP contribution in [0.1, 0.15) is 24.0 Å². The van der Waals surface area contributed by atoms with Crippen LogP contribution in [-0.4, -0.2) is 44.9 Å². The molecule has 0 radical (unpaired) electrons. The first-order chi connectivity index (χ1) is 14.8. The van der Waals surface area contributed by atoms with E-state index >= 15 is 0 Å². The molecular formula is C19H21N5O6S. The van der Waals surface area contributed by atoms with Gasteiger partial charge in [0.1, 0.15) is 22.3 Å². The molecule has 1 saturated heterocycles. The third kappa shape index (κ3) is 4.91. The van der Waals surface area contributed by atoms with Gasteiger partial charge in [-0.25, -0.2) is 13.1 Å². The Hall–Kier alpha value is -3.27. The van der Waals surface area contributed by atoms with Gasteiger partial charge in [0.05, 0.1) is 18.9 Å². The molecule has 3 N–H and O–H groups in total. The molecule has 3 rings (SSSR count). The van der Waals surface area contributed by atoms with Crippen molar-refractivity contribution in [2.75, 3.05) is 20.3 Å². The Labute approximate surface area is 178 Å². The quantitative estimate of drug-likeness (QED) is 0.547. The highest BCUT2D eigenvalue weighted by Gasteiger charge is 2.23. The van der Waals surface area contributed by atoms with Gasteiger partial charge in [0.2, 0.25) is 15.9 Å². The summed E-state index contributed by atoms with van der Waals surface area (Å²) >= 11 is 0. The number of nitriles is 1. The smallest absolute Gasteiger partial charge is 0.278 e. The molecule has 12 heteroatoms.